The van der Waals surface area contributed by atoms with E-state index in [-0.39, 0.29) is 17.7 Å². The highest BCUT2D eigenvalue weighted by Crippen LogP contribution is 2.40. The van der Waals surface area contributed by atoms with Crippen LogP contribution in [0.3, 0.4) is 0 Å². The van der Waals surface area contributed by atoms with Gasteiger partial charge in [-0.3, -0.25) is 9.89 Å². The molecule has 0 unspecified atom stereocenters. The Morgan fingerprint density at radius 1 is 1.40 bits per heavy atom. The minimum Gasteiger partial charge on any atom is -0.348 e. The molecule has 1 aromatic rings. The van der Waals surface area contributed by atoms with E-state index in [0.717, 1.165) is 25.7 Å². The zero-order valence-corrected chi connectivity index (χ0v) is 8.22. The van der Waals surface area contributed by atoms with Crippen molar-refractivity contribution in [2.24, 2.45) is 0 Å². The van der Waals surface area contributed by atoms with Gasteiger partial charge in [0.2, 0.25) is 0 Å². The first kappa shape index (κ1) is 8.88. The quantitative estimate of drug-likeness (QED) is 0.788. The van der Waals surface area contributed by atoms with Crippen LogP contribution in [-0.2, 0) is 0 Å². The van der Waals surface area contributed by atoms with E-state index in [2.05, 4.69) is 15.5 Å². The molecule has 1 heterocycles. The fourth-order valence-corrected chi connectivity index (χ4v) is 1.62. The molecule has 2 fully saturated rings. The van der Waals surface area contributed by atoms with Crippen molar-refractivity contribution < 1.29 is 9.18 Å². The van der Waals surface area contributed by atoms with Crippen molar-refractivity contribution >= 4 is 5.91 Å². The van der Waals surface area contributed by atoms with E-state index in [4.69, 9.17) is 0 Å². The van der Waals surface area contributed by atoms with Crippen LogP contribution >= 0.6 is 0 Å². The summed E-state index contributed by atoms with van der Waals surface area (Å²) in [6.45, 7) is 0. The Hall–Kier alpha value is -1.39. The minimum absolute atomic E-state index is 0.0798. The van der Waals surface area contributed by atoms with E-state index >= 15 is 0 Å². The third kappa shape index (κ3) is 1.62. The maximum atomic E-state index is 13.7. The number of halogens is 1. The molecule has 4 nitrogen and oxygen atoms in total. The van der Waals surface area contributed by atoms with E-state index in [9.17, 15) is 9.18 Å². The normalized spacial score (nSPS) is 20.3. The van der Waals surface area contributed by atoms with Gasteiger partial charge in [0.25, 0.3) is 5.91 Å². The second-order valence-corrected chi connectivity index (χ2v) is 4.32. The molecule has 80 valence electrons. The number of aromatic amines is 1. The van der Waals surface area contributed by atoms with Crippen LogP contribution in [0, 0.1) is 5.82 Å². The number of aromatic nitrogens is 2. The first-order valence-corrected chi connectivity index (χ1v) is 5.30. The van der Waals surface area contributed by atoms with Crippen molar-refractivity contribution in [2.45, 2.75) is 37.6 Å². The lowest BCUT2D eigenvalue weighted by Gasteiger charge is -1.98. The zero-order valence-electron chi connectivity index (χ0n) is 8.22. The van der Waals surface area contributed by atoms with E-state index < -0.39 is 11.7 Å². The lowest BCUT2D eigenvalue weighted by molar-refractivity contribution is 0.0942. The first-order valence-electron chi connectivity index (χ1n) is 5.30. The molecule has 0 saturated heterocycles. The van der Waals surface area contributed by atoms with Gasteiger partial charge in [-0.1, -0.05) is 0 Å². The van der Waals surface area contributed by atoms with Gasteiger partial charge in [0.05, 0.1) is 5.69 Å². The van der Waals surface area contributed by atoms with Crippen LogP contribution in [0.15, 0.2) is 0 Å². The van der Waals surface area contributed by atoms with Gasteiger partial charge in [0, 0.05) is 12.0 Å². The molecule has 2 aliphatic carbocycles. The highest BCUT2D eigenvalue weighted by atomic mass is 19.1. The second-order valence-electron chi connectivity index (χ2n) is 4.32. The highest BCUT2D eigenvalue weighted by Gasteiger charge is 2.33. The maximum absolute atomic E-state index is 13.7. The summed E-state index contributed by atoms with van der Waals surface area (Å²) in [7, 11) is 0. The summed E-state index contributed by atoms with van der Waals surface area (Å²) in [6.07, 6.45) is 3.96. The first-order chi connectivity index (χ1) is 7.25. The third-order valence-electron chi connectivity index (χ3n) is 2.85. The fourth-order valence-electron chi connectivity index (χ4n) is 1.62. The molecule has 2 saturated carbocycles. The van der Waals surface area contributed by atoms with Crippen LogP contribution in [0.2, 0.25) is 0 Å². The number of amides is 1. The maximum Gasteiger partial charge on any atom is 0.275 e. The predicted molar refractivity (Wildman–Crippen MR) is 51.0 cm³/mol. The molecule has 2 N–H and O–H groups in total. The zero-order chi connectivity index (χ0) is 10.4. The number of carbonyl (C=O) groups is 1. The van der Waals surface area contributed by atoms with Gasteiger partial charge in [-0.25, -0.2) is 4.39 Å². The Balaban J connectivity index is 1.80. The summed E-state index contributed by atoms with van der Waals surface area (Å²) in [5.41, 5.74) is 0.416. The number of carbonyl (C=O) groups excluding carboxylic acids is 1. The Morgan fingerprint density at radius 3 is 2.73 bits per heavy atom. The van der Waals surface area contributed by atoms with Gasteiger partial charge in [-0.15, -0.1) is 0 Å². The molecular formula is C10H12FN3O. The molecule has 0 radical (unpaired) electrons. The molecule has 0 atom stereocenters. The van der Waals surface area contributed by atoms with Crippen LogP contribution in [0.5, 0.6) is 0 Å². The Morgan fingerprint density at radius 2 is 2.13 bits per heavy atom. The average Bonchev–Trinajstić information content (AvgIpc) is 3.08. The standard InChI is InChI=1S/C10H12FN3O/c11-7-8(5-1-2-5)13-14-9(7)10(15)12-6-3-4-6/h5-6H,1-4H2,(H,12,15)(H,13,14). The van der Waals surface area contributed by atoms with Crippen molar-refractivity contribution in [3.63, 3.8) is 0 Å². The number of nitrogens with zero attached hydrogens (tertiary/aromatic N) is 1. The van der Waals surface area contributed by atoms with Crippen LogP contribution in [0.25, 0.3) is 0 Å². The van der Waals surface area contributed by atoms with Crippen LogP contribution < -0.4 is 5.32 Å². The Bertz CT molecular complexity index is 407. The summed E-state index contributed by atoms with van der Waals surface area (Å²) < 4.78 is 13.7. The monoisotopic (exact) mass is 209 g/mol. The summed E-state index contributed by atoms with van der Waals surface area (Å²) in [4.78, 5) is 11.5. The molecule has 5 heteroatoms. The van der Waals surface area contributed by atoms with Gasteiger partial charge in [0.1, 0.15) is 0 Å². The topological polar surface area (TPSA) is 57.8 Å². The summed E-state index contributed by atoms with van der Waals surface area (Å²) in [5.74, 6) is -0.603. The van der Waals surface area contributed by atoms with Crippen molar-refractivity contribution in [1.29, 1.82) is 0 Å². The van der Waals surface area contributed by atoms with Gasteiger partial charge < -0.3 is 5.32 Å². The molecule has 0 aliphatic heterocycles. The third-order valence-corrected chi connectivity index (χ3v) is 2.85. The Kier molecular flexibility index (Phi) is 1.81. The molecule has 2 aliphatic rings. The fraction of sp³-hybridized carbons (Fsp3) is 0.600. The largest absolute Gasteiger partial charge is 0.348 e. The number of hydrogen-bond donors (Lipinski definition) is 2. The van der Waals surface area contributed by atoms with E-state index in [1.165, 1.54) is 0 Å². The van der Waals surface area contributed by atoms with Crippen molar-refractivity contribution in [2.75, 3.05) is 0 Å². The lowest BCUT2D eigenvalue weighted by atomic mass is 10.2. The van der Waals surface area contributed by atoms with Gasteiger partial charge in [0.15, 0.2) is 11.5 Å². The molecule has 15 heavy (non-hydrogen) atoms. The van der Waals surface area contributed by atoms with Gasteiger partial charge in [-0.2, -0.15) is 5.10 Å². The molecule has 0 spiro atoms. The van der Waals surface area contributed by atoms with Crippen molar-refractivity contribution in [3.05, 3.63) is 17.2 Å². The van der Waals surface area contributed by atoms with Crippen LogP contribution in [0.4, 0.5) is 4.39 Å². The number of H-pyrrole nitrogens is 1. The van der Waals surface area contributed by atoms with E-state index in [1.54, 1.807) is 0 Å². The molecule has 1 amide bonds. The summed E-state index contributed by atoms with van der Waals surface area (Å²) >= 11 is 0. The minimum atomic E-state index is -0.462. The van der Waals surface area contributed by atoms with Gasteiger partial charge >= 0.3 is 0 Å². The number of rotatable bonds is 3. The van der Waals surface area contributed by atoms with Gasteiger partial charge in [-0.05, 0) is 25.7 Å². The van der Waals surface area contributed by atoms with E-state index in [0.29, 0.717) is 5.69 Å². The van der Waals surface area contributed by atoms with E-state index in [1.807, 2.05) is 0 Å². The van der Waals surface area contributed by atoms with Crippen LogP contribution in [0.1, 0.15) is 47.8 Å². The molecule has 0 aromatic carbocycles. The lowest BCUT2D eigenvalue weighted by Crippen LogP contribution is -2.26. The van der Waals surface area contributed by atoms with Crippen LogP contribution in [-0.4, -0.2) is 22.1 Å². The molecule has 0 bridgehead atoms. The summed E-state index contributed by atoms with van der Waals surface area (Å²) in [5, 5.41) is 9.09. The SMILES string of the molecule is O=C(NC1CC1)c1n[nH]c(C2CC2)c1F. The molecule has 1 aromatic heterocycles. The van der Waals surface area contributed by atoms with Crippen molar-refractivity contribution in [3.8, 4) is 0 Å². The second kappa shape index (κ2) is 3.05. The average molecular weight is 209 g/mol. The molecule has 3 rings (SSSR count). The highest BCUT2D eigenvalue weighted by molar-refractivity contribution is 5.93. The number of hydrogen-bond acceptors (Lipinski definition) is 2. The Labute approximate surface area is 86.2 Å². The molecular weight excluding hydrogens is 197 g/mol. The number of nitrogens with one attached hydrogen (secondary N) is 2. The van der Waals surface area contributed by atoms with Crippen molar-refractivity contribution in [1.82, 2.24) is 15.5 Å². The summed E-state index contributed by atoms with van der Waals surface area (Å²) in [6, 6.07) is 0.234. The smallest absolute Gasteiger partial charge is 0.275 e. The predicted octanol–water partition coefficient (Wildman–Crippen LogP) is 1.32.